The Bertz CT molecular complexity index is 1010. The molecule has 29 heavy (non-hydrogen) atoms. The molecule has 0 saturated heterocycles. The average molecular weight is 393 g/mol. The molecule has 1 heterocycles. The molecule has 0 saturated carbocycles. The van der Waals surface area contributed by atoms with Crippen LogP contribution in [0.25, 0.3) is 11.3 Å². The maximum atomic E-state index is 12.2. The summed E-state index contributed by atoms with van der Waals surface area (Å²) >= 11 is 0. The number of aromatic nitrogens is 2. The van der Waals surface area contributed by atoms with Gasteiger partial charge in [0, 0.05) is 23.7 Å². The first-order valence-corrected chi connectivity index (χ1v) is 9.34. The molecule has 0 bridgehead atoms. The van der Waals surface area contributed by atoms with Gasteiger partial charge in [-0.25, -0.2) is 4.68 Å². The summed E-state index contributed by atoms with van der Waals surface area (Å²) in [5, 5.41) is 7.20. The van der Waals surface area contributed by atoms with Crippen LogP contribution < -0.4 is 20.3 Å². The number of carbonyl (C=O) groups is 1. The molecule has 0 unspecified atom stereocenters. The van der Waals surface area contributed by atoms with Crippen LogP contribution in [0.2, 0.25) is 0 Å². The molecular formula is C22H23N3O4. The van der Waals surface area contributed by atoms with Gasteiger partial charge in [-0.2, -0.15) is 5.10 Å². The first-order valence-electron chi connectivity index (χ1n) is 9.34. The maximum absolute atomic E-state index is 12.2. The largest absolute Gasteiger partial charge is 0.497 e. The molecule has 3 aromatic rings. The van der Waals surface area contributed by atoms with Gasteiger partial charge in [0.2, 0.25) is 0 Å². The molecule has 3 rings (SSSR count). The average Bonchev–Trinajstić information content (AvgIpc) is 2.76. The molecule has 0 aliphatic rings. The van der Waals surface area contributed by atoms with Crippen molar-refractivity contribution in [3.8, 4) is 22.8 Å². The molecular weight excluding hydrogens is 370 g/mol. The number of methoxy groups -OCH3 is 1. The fourth-order valence-electron chi connectivity index (χ4n) is 2.77. The minimum Gasteiger partial charge on any atom is -0.497 e. The van der Waals surface area contributed by atoms with Crippen molar-refractivity contribution < 1.29 is 14.3 Å². The third-order valence-electron chi connectivity index (χ3n) is 4.29. The molecule has 2 aromatic carbocycles. The number of nitrogens with zero attached hydrogens (tertiary/aromatic N) is 2. The lowest BCUT2D eigenvalue weighted by Crippen LogP contribution is -2.31. The van der Waals surface area contributed by atoms with E-state index in [4.69, 9.17) is 9.47 Å². The quantitative estimate of drug-likeness (QED) is 0.636. The van der Waals surface area contributed by atoms with Crippen molar-refractivity contribution >= 4 is 5.91 Å². The van der Waals surface area contributed by atoms with E-state index in [0.29, 0.717) is 23.6 Å². The molecule has 0 atom stereocenters. The maximum Gasteiger partial charge on any atom is 0.266 e. The van der Waals surface area contributed by atoms with E-state index in [9.17, 15) is 9.59 Å². The number of amides is 1. The van der Waals surface area contributed by atoms with Crippen molar-refractivity contribution in [2.75, 3.05) is 20.3 Å². The van der Waals surface area contributed by atoms with Crippen LogP contribution in [-0.4, -0.2) is 35.9 Å². The number of hydrogen-bond acceptors (Lipinski definition) is 5. The van der Waals surface area contributed by atoms with Crippen LogP contribution in [0.4, 0.5) is 0 Å². The highest BCUT2D eigenvalue weighted by atomic mass is 16.5. The molecule has 0 spiro atoms. The highest BCUT2D eigenvalue weighted by Crippen LogP contribution is 2.19. The van der Waals surface area contributed by atoms with E-state index in [0.717, 1.165) is 11.3 Å². The fourth-order valence-corrected chi connectivity index (χ4v) is 2.77. The Balaban J connectivity index is 1.64. The lowest BCUT2D eigenvalue weighted by Gasteiger charge is -2.09. The zero-order chi connectivity index (χ0) is 20.6. The van der Waals surface area contributed by atoms with Crippen molar-refractivity contribution in [2.24, 2.45) is 0 Å². The van der Waals surface area contributed by atoms with Gasteiger partial charge in [0.1, 0.15) is 11.5 Å². The smallest absolute Gasteiger partial charge is 0.266 e. The van der Waals surface area contributed by atoms with Crippen LogP contribution in [0.3, 0.4) is 0 Å². The van der Waals surface area contributed by atoms with Crippen LogP contribution in [0.15, 0.2) is 65.5 Å². The Morgan fingerprint density at radius 1 is 1.00 bits per heavy atom. The molecule has 0 aliphatic carbocycles. The second-order valence-corrected chi connectivity index (χ2v) is 6.22. The van der Waals surface area contributed by atoms with Crippen molar-refractivity contribution in [1.82, 2.24) is 15.1 Å². The van der Waals surface area contributed by atoms with Crippen LogP contribution >= 0.6 is 0 Å². The van der Waals surface area contributed by atoms with E-state index in [-0.39, 0.29) is 24.6 Å². The molecule has 150 valence electrons. The molecule has 1 aromatic heterocycles. The van der Waals surface area contributed by atoms with Crippen molar-refractivity contribution in [3.05, 3.63) is 76.6 Å². The van der Waals surface area contributed by atoms with E-state index in [1.165, 1.54) is 10.7 Å². The van der Waals surface area contributed by atoms with Gasteiger partial charge >= 0.3 is 0 Å². The van der Waals surface area contributed by atoms with Crippen LogP contribution in [-0.2, 0) is 6.54 Å². The van der Waals surface area contributed by atoms with Crippen molar-refractivity contribution in [1.29, 1.82) is 0 Å². The number of nitrogens with one attached hydrogen (secondary N) is 1. The summed E-state index contributed by atoms with van der Waals surface area (Å²) in [6.45, 7) is 3.08. The molecule has 1 amide bonds. The first kappa shape index (κ1) is 20.1. The van der Waals surface area contributed by atoms with Crippen LogP contribution in [0, 0.1) is 0 Å². The molecule has 7 heteroatoms. The molecule has 0 fully saturated rings. The minimum atomic E-state index is -0.224. The summed E-state index contributed by atoms with van der Waals surface area (Å²) in [5.41, 5.74) is 1.85. The summed E-state index contributed by atoms with van der Waals surface area (Å²) in [6.07, 6.45) is 0. The molecule has 1 N–H and O–H groups in total. The topological polar surface area (TPSA) is 82.5 Å². The Kier molecular flexibility index (Phi) is 6.63. The number of hydrogen-bond donors (Lipinski definition) is 1. The Hall–Kier alpha value is -3.61. The van der Waals surface area contributed by atoms with Gasteiger partial charge in [0.15, 0.2) is 0 Å². The highest BCUT2D eigenvalue weighted by Gasteiger charge is 2.07. The van der Waals surface area contributed by atoms with Gasteiger partial charge in [-0.15, -0.1) is 0 Å². The molecule has 7 nitrogen and oxygen atoms in total. The Morgan fingerprint density at radius 2 is 1.69 bits per heavy atom. The number of rotatable bonds is 8. The van der Waals surface area contributed by atoms with Gasteiger partial charge in [0.25, 0.3) is 11.5 Å². The van der Waals surface area contributed by atoms with E-state index in [1.54, 1.807) is 37.4 Å². The monoisotopic (exact) mass is 393 g/mol. The zero-order valence-corrected chi connectivity index (χ0v) is 16.4. The molecule has 0 aliphatic heterocycles. The lowest BCUT2D eigenvalue weighted by molar-refractivity contribution is 0.0951. The van der Waals surface area contributed by atoms with Gasteiger partial charge in [-0.3, -0.25) is 9.59 Å². The van der Waals surface area contributed by atoms with Crippen LogP contribution in [0.1, 0.15) is 17.3 Å². The van der Waals surface area contributed by atoms with Gasteiger partial charge in [-0.1, -0.05) is 0 Å². The van der Waals surface area contributed by atoms with Gasteiger partial charge in [-0.05, 0) is 61.5 Å². The third-order valence-corrected chi connectivity index (χ3v) is 4.29. The van der Waals surface area contributed by atoms with Gasteiger partial charge < -0.3 is 14.8 Å². The van der Waals surface area contributed by atoms with E-state index in [2.05, 4.69) is 10.4 Å². The summed E-state index contributed by atoms with van der Waals surface area (Å²) in [6, 6.07) is 17.5. The third kappa shape index (κ3) is 5.22. The summed E-state index contributed by atoms with van der Waals surface area (Å²) in [5.74, 6) is 1.25. The van der Waals surface area contributed by atoms with Crippen molar-refractivity contribution in [2.45, 2.75) is 13.5 Å². The second kappa shape index (κ2) is 9.54. The summed E-state index contributed by atoms with van der Waals surface area (Å²) in [7, 11) is 1.57. The first-order chi connectivity index (χ1) is 14.1. The summed E-state index contributed by atoms with van der Waals surface area (Å²) < 4.78 is 11.9. The van der Waals surface area contributed by atoms with Crippen molar-refractivity contribution in [3.63, 3.8) is 0 Å². The normalized spacial score (nSPS) is 10.4. The predicted molar refractivity (Wildman–Crippen MR) is 110 cm³/mol. The Morgan fingerprint density at radius 3 is 2.34 bits per heavy atom. The number of carbonyl (C=O) groups excluding carboxylic acids is 1. The van der Waals surface area contributed by atoms with Crippen LogP contribution in [0.5, 0.6) is 11.5 Å². The molecule has 0 radical (unpaired) electrons. The van der Waals surface area contributed by atoms with E-state index < -0.39 is 0 Å². The Labute approximate surface area is 168 Å². The van der Waals surface area contributed by atoms with E-state index >= 15 is 0 Å². The number of benzene rings is 2. The summed E-state index contributed by atoms with van der Waals surface area (Å²) in [4.78, 5) is 24.3. The SMILES string of the molecule is CCOc1ccc(-c2ccc(=O)n(CCNC(=O)c3ccc(OC)cc3)n2)cc1. The highest BCUT2D eigenvalue weighted by molar-refractivity contribution is 5.94. The predicted octanol–water partition coefficient (Wildman–Crippen LogP) is 2.75. The minimum absolute atomic E-state index is 0.219. The second-order valence-electron chi connectivity index (χ2n) is 6.22. The zero-order valence-electron chi connectivity index (χ0n) is 16.4. The fraction of sp³-hybridized carbons (Fsp3) is 0.227. The standard InChI is InChI=1S/C22H23N3O4/c1-3-29-19-10-4-16(5-11-19)20-12-13-21(26)25(24-20)15-14-23-22(27)17-6-8-18(28-2)9-7-17/h4-13H,3,14-15H2,1-2H3,(H,23,27). The lowest BCUT2D eigenvalue weighted by atomic mass is 10.1. The van der Waals surface area contributed by atoms with Gasteiger partial charge in [0.05, 0.1) is 26.0 Å². The van der Waals surface area contributed by atoms with E-state index in [1.807, 2.05) is 31.2 Å². The number of ether oxygens (including phenoxy) is 2.